The van der Waals surface area contributed by atoms with Crippen molar-refractivity contribution in [1.29, 1.82) is 0 Å². The number of carbonyl (C=O) groups excluding carboxylic acids is 1. The Morgan fingerprint density at radius 3 is 2.46 bits per heavy atom. The Labute approximate surface area is 164 Å². The third kappa shape index (κ3) is 6.34. The quantitative estimate of drug-likeness (QED) is 0.705. The highest BCUT2D eigenvalue weighted by Crippen LogP contribution is 2.20. The van der Waals surface area contributed by atoms with Crippen molar-refractivity contribution in [3.63, 3.8) is 0 Å². The Hall–Kier alpha value is -1.50. The van der Waals surface area contributed by atoms with E-state index in [0.717, 1.165) is 17.5 Å². The molecule has 140 valence electrons. The van der Waals surface area contributed by atoms with E-state index in [1.807, 2.05) is 31.2 Å². The molecule has 4 nitrogen and oxygen atoms in total. The molecule has 1 atom stereocenters. The zero-order valence-electron chi connectivity index (χ0n) is 14.7. The maximum absolute atomic E-state index is 12.2. The van der Waals surface area contributed by atoms with Gasteiger partial charge in [-0.15, -0.1) is 11.8 Å². The number of rotatable bonds is 8. The maximum Gasteiger partial charge on any atom is 0.230 e. The largest absolute Gasteiger partial charge is 0.349 e. The summed E-state index contributed by atoms with van der Waals surface area (Å²) in [5.41, 5.74) is 1.98. The van der Waals surface area contributed by atoms with Crippen LogP contribution in [0.2, 0.25) is 5.02 Å². The fraction of sp³-hybridized carbons (Fsp3) is 0.316. The Balaban J connectivity index is 1.89. The van der Waals surface area contributed by atoms with Gasteiger partial charge in [-0.25, -0.2) is 8.42 Å². The summed E-state index contributed by atoms with van der Waals surface area (Å²) < 4.78 is 23.1. The second kappa shape index (κ2) is 9.44. The molecule has 1 N–H and O–H groups in total. The highest BCUT2D eigenvalue weighted by molar-refractivity contribution is 7.99. The van der Waals surface area contributed by atoms with E-state index in [-0.39, 0.29) is 16.8 Å². The molecule has 0 heterocycles. The minimum absolute atomic E-state index is 0.0453. The van der Waals surface area contributed by atoms with Gasteiger partial charge in [0, 0.05) is 17.0 Å². The SMILES string of the molecule is CCC(NC(=O)CSCc1cccc(Cl)c1)c1ccc(S(C)(=O)=O)cc1. The lowest BCUT2D eigenvalue weighted by molar-refractivity contribution is -0.119. The molecule has 0 aromatic heterocycles. The third-order valence-electron chi connectivity index (χ3n) is 3.85. The molecule has 0 bridgehead atoms. The lowest BCUT2D eigenvalue weighted by Gasteiger charge is -2.17. The van der Waals surface area contributed by atoms with Gasteiger partial charge in [-0.2, -0.15) is 0 Å². The van der Waals surface area contributed by atoms with Crippen molar-refractivity contribution in [3.05, 3.63) is 64.7 Å². The van der Waals surface area contributed by atoms with Crippen LogP contribution in [0.25, 0.3) is 0 Å². The summed E-state index contributed by atoms with van der Waals surface area (Å²) in [4.78, 5) is 12.5. The van der Waals surface area contributed by atoms with E-state index in [0.29, 0.717) is 16.5 Å². The molecule has 1 unspecified atom stereocenters. The maximum atomic E-state index is 12.2. The first kappa shape index (κ1) is 20.8. The molecule has 1 amide bonds. The van der Waals surface area contributed by atoms with Gasteiger partial charge in [0.1, 0.15) is 0 Å². The highest BCUT2D eigenvalue weighted by Gasteiger charge is 2.14. The van der Waals surface area contributed by atoms with Crippen molar-refractivity contribution in [2.45, 2.75) is 30.0 Å². The van der Waals surface area contributed by atoms with Gasteiger partial charge < -0.3 is 5.32 Å². The average Bonchev–Trinajstić information content (AvgIpc) is 2.59. The molecular formula is C19H22ClNO3S2. The Morgan fingerprint density at radius 2 is 1.88 bits per heavy atom. The number of halogens is 1. The van der Waals surface area contributed by atoms with Gasteiger partial charge in [-0.1, -0.05) is 42.8 Å². The fourth-order valence-corrected chi connectivity index (χ4v) is 4.12. The second-order valence-electron chi connectivity index (χ2n) is 5.99. The van der Waals surface area contributed by atoms with Crippen molar-refractivity contribution in [2.75, 3.05) is 12.0 Å². The zero-order valence-corrected chi connectivity index (χ0v) is 17.1. The van der Waals surface area contributed by atoms with Gasteiger partial charge in [-0.3, -0.25) is 4.79 Å². The topological polar surface area (TPSA) is 63.2 Å². The molecular weight excluding hydrogens is 390 g/mol. The molecule has 0 aliphatic heterocycles. The Kier molecular flexibility index (Phi) is 7.55. The molecule has 0 radical (unpaired) electrons. The van der Waals surface area contributed by atoms with Gasteiger partial charge in [0.15, 0.2) is 9.84 Å². The van der Waals surface area contributed by atoms with E-state index in [2.05, 4.69) is 5.32 Å². The second-order valence-corrected chi connectivity index (χ2v) is 9.43. The van der Waals surface area contributed by atoms with E-state index in [4.69, 9.17) is 11.6 Å². The standard InChI is InChI=1S/C19H22ClNO3S2/c1-3-18(15-7-9-17(10-8-15)26(2,23)24)21-19(22)13-25-12-14-5-4-6-16(20)11-14/h4-11,18H,3,12-13H2,1-2H3,(H,21,22). The zero-order chi connectivity index (χ0) is 19.2. The summed E-state index contributed by atoms with van der Waals surface area (Å²) in [5, 5.41) is 3.69. The van der Waals surface area contributed by atoms with Crippen LogP contribution in [0.5, 0.6) is 0 Å². The number of carbonyl (C=O) groups is 1. The number of sulfone groups is 1. The van der Waals surface area contributed by atoms with Crippen LogP contribution in [-0.4, -0.2) is 26.3 Å². The van der Waals surface area contributed by atoms with Crippen molar-refractivity contribution >= 4 is 39.1 Å². The molecule has 2 rings (SSSR count). The number of nitrogens with one attached hydrogen (secondary N) is 1. The van der Waals surface area contributed by atoms with Crippen molar-refractivity contribution < 1.29 is 13.2 Å². The van der Waals surface area contributed by atoms with E-state index in [9.17, 15) is 13.2 Å². The fourth-order valence-electron chi connectivity index (χ4n) is 2.49. The molecule has 0 aliphatic carbocycles. The minimum atomic E-state index is -3.22. The smallest absolute Gasteiger partial charge is 0.230 e. The summed E-state index contributed by atoms with van der Waals surface area (Å²) in [6.45, 7) is 1.98. The van der Waals surface area contributed by atoms with Crippen molar-refractivity contribution in [3.8, 4) is 0 Å². The minimum Gasteiger partial charge on any atom is -0.349 e. The lowest BCUT2D eigenvalue weighted by Crippen LogP contribution is -2.29. The predicted octanol–water partition coefficient (Wildman–Crippen LogP) is 4.24. The lowest BCUT2D eigenvalue weighted by atomic mass is 10.0. The normalized spacial score (nSPS) is 12.6. The number of hydrogen-bond donors (Lipinski definition) is 1. The first-order chi connectivity index (χ1) is 12.3. The predicted molar refractivity (Wildman–Crippen MR) is 108 cm³/mol. The van der Waals surface area contributed by atoms with E-state index >= 15 is 0 Å². The van der Waals surface area contributed by atoms with Gasteiger partial charge in [0.2, 0.25) is 5.91 Å². The molecule has 0 saturated carbocycles. The first-order valence-corrected chi connectivity index (χ1v) is 11.6. The third-order valence-corrected chi connectivity index (χ3v) is 6.21. The van der Waals surface area contributed by atoms with Crippen LogP contribution >= 0.6 is 23.4 Å². The van der Waals surface area contributed by atoms with Crippen LogP contribution in [0.1, 0.15) is 30.5 Å². The Bertz CT molecular complexity index is 851. The van der Waals surface area contributed by atoms with Crippen LogP contribution in [0.4, 0.5) is 0 Å². The van der Waals surface area contributed by atoms with Crippen LogP contribution in [0, 0.1) is 0 Å². The summed E-state index contributed by atoms with van der Waals surface area (Å²) in [6, 6.07) is 14.1. The van der Waals surface area contributed by atoms with E-state index in [1.54, 1.807) is 24.3 Å². The molecule has 2 aromatic carbocycles. The number of hydrogen-bond acceptors (Lipinski definition) is 4. The number of benzene rings is 2. The van der Waals surface area contributed by atoms with Gasteiger partial charge >= 0.3 is 0 Å². The average molecular weight is 412 g/mol. The number of thioether (sulfide) groups is 1. The molecule has 7 heteroatoms. The number of amides is 1. The molecule has 0 fully saturated rings. The van der Waals surface area contributed by atoms with Crippen LogP contribution in [0.15, 0.2) is 53.4 Å². The van der Waals surface area contributed by atoms with Crippen LogP contribution in [-0.2, 0) is 20.4 Å². The summed E-state index contributed by atoms with van der Waals surface area (Å²) in [6.07, 6.45) is 1.90. The van der Waals surface area contributed by atoms with Crippen molar-refractivity contribution in [2.24, 2.45) is 0 Å². The van der Waals surface area contributed by atoms with Crippen LogP contribution in [0.3, 0.4) is 0 Å². The summed E-state index contributed by atoms with van der Waals surface area (Å²) >= 11 is 7.48. The Morgan fingerprint density at radius 1 is 1.19 bits per heavy atom. The van der Waals surface area contributed by atoms with E-state index in [1.165, 1.54) is 18.0 Å². The first-order valence-electron chi connectivity index (χ1n) is 8.21. The van der Waals surface area contributed by atoms with Gasteiger partial charge in [-0.05, 0) is 41.8 Å². The van der Waals surface area contributed by atoms with Gasteiger partial charge in [0.05, 0.1) is 16.7 Å². The van der Waals surface area contributed by atoms with Crippen molar-refractivity contribution in [1.82, 2.24) is 5.32 Å². The van der Waals surface area contributed by atoms with E-state index < -0.39 is 9.84 Å². The molecule has 0 saturated heterocycles. The summed E-state index contributed by atoms with van der Waals surface area (Å²) in [7, 11) is -3.22. The molecule has 2 aromatic rings. The monoisotopic (exact) mass is 411 g/mol. The molecule has 0 spiro atoms. The summed E-state index contributed by atoms with van der Waals surface area (Å²) in [5.74, 6) is 1.02. The highest BCUT2D eigenvalue weighted by atomic mass is 35.5. The molecule has 0 aliphatic rings. The molecule has 26 heavy (non-hydrogen) atoms. The van der Waals surface area contributed by atoms with Gasteiger partial charge in [0.25, 0.3) is 0 Å². The van der Waals surface area contributed by atoms with Crippen LogP contribution < -0.4 is 5.32 Å².